The summed E-state index contributed by atoms with van der Waals surface area (Å²) in [5.41, 5.74) is 1.06. The minimum absolute atomic E-state index is 0.216. The molecule has 0 radical (unpaired) electrons. The van der Waals surface area contributed by atoms with E-state index in [9.17, 15) is 4.79 Å². The van der Waals surface area contributed by atoms with Crippen LogP contribution < -0.4 is 4.74 Å². The summed E-state index contributed by atoms with van der Waals surface area (Å²) in [4.78, 5) is 22.9. The van der Waals surface area contributed by atoms with E-state index in [4.69, 9.17) is 21.1 Å². The molecule has 0 bridgehead atoms. The van der Waals surface area contributed by atoms with Crippen LogP contribution in [0.4, 0.5) is 4.79 Å². The number of aromatic nitrogens is 2. The first-order chi connectivity index (χ1) is 13.3. The number of hydrogen-bond donors (Lipinski definition) is 0. The molecule has 3 rings (SSSR count). The summed E-state index contributed by atoms with van der Waals surface area (Å²) in [5.74, 6) is 0.836. The zero-order valence-electron chi connectivity index (χ0n) is 16.8. The Bertz CT molecular complexity index is 822. The lowest BCUT2D eigenvalue weighted by Crippen LogP contribution is -2.42. The van der Waals surface area contributed by atoms with E-state index in [1.54, 1.807) is 0 Å². The van der Waals surface area contributed by atoms with E-state index >= 15 is 0 Å². The number of ether oxygens (including phenoxy) is 2. The van der Waals surface area contributed by atoms with Crippen molar-refractivity contribution >= 4 is 28.7 Å². The van der Waals surface area contributed by atoms with Crippen LogP contribution in [0.1, 0.15) is 46.5 Å². The molecule has 0 unspecified atom stereocenters. The Morgan fingerprint density at radius 2 is 1.96 bits per heavy atom. The molecule has 1 aromatic carbocycles. The lowest BCUT2D eigenvalue weighted by Gasteiger charge is -2.34. The molecule has 152 valence electrons. The second-order valence-electron chi connectivity index (χ2n) is 8.23. The molecule has 1 aromatic heterocycles. The van der Waals surface area contributed by atoms with Crippen molar-refractivity contribution in [3.63, 3.8) is 0 Å². The van der Waals surface area contributed by atoms with Gasteiger partial charge in [0.1, 0.15) is 5.60 Å². The summed E-state index contributed by atoms with van der Waals surface area (Å²) >= 11 is 6.18. The Morgan fingerprint density at radius 1 is 1.25 bits per heavy atom. The summed E-state index contributed by atoms with van der Waals surface area (Å²) in [7, 11) is 0. The van der Waals surface area contributed by atoms with Crippen LogP contribution in [-0.2, 0) is 4.74 Å². The molecule has 28 heavy (non-hydrogen) atoms. The second-order valence-corrected chi connectivity index (χ2v) is 8.59. The normalized spacial score (nSPS) is 17.6. The van der Waals surface area contributed by atoms with E-state index in [2.05, 4.69) is 9.97 Å². The largest absolute Gasteiger partial charge is 0.475 e. The number of likely N-dealkylation sites (tertiary alicyclic amines) is 1. The summed E-state index contributed by atoms with van der Waals surface area (Å²) in [6, 6.07) is 7.57. The summed E-state index contributed by atoms with van der Waals surface area (Å²) in [6.45, 7) is 7.71. The number of benzene rings is 1. The van der Waals surface area contributed by atoms with Crippen LogP contribution in [0, 0.1) is 5.92 Å². The van der Waals surface area contributed by atoms with Gasteiger partial charge in [-0.25, -0.2) is 14.8 Å². The standard InChI is InChI=1S/C21H28ClN3O3/c1-21(2,3)28-20(26)25-12-6-8-15(14-25)9-7-13-27-19-18(22)23-16-10-4-5-11-17(16)24-19/h4-5,10-11,15H,6-9,12-14H2,1-3H3/t15-/m0/s1. The van der Waals surface area contributed by atoms with Gasteiger partial charge in [0.15, 0.2) is 5.15 Å². The first kappa shape index (κ1) is 20.6. The summed E-state index contributed by atoms with van der Waals surface area (Å²) in [5, 5.41) is 0.285. The zero-order valence-corrected chi connectivity index (χ0v) is 17.5. The Labute approximate surface area is 171 Å². The molecule has 1 atom stereocenters. The number of para-hydroxylation sites is 2. The molecule has 2 aromatic rings. The van der Waals surface area contributed by atoms with Gasteiger partial charge in [0.2, 0.25) is 0 Å². The third-order valence-electron chi connectivity index (χ3n) is 4.66. The minimum Gasteiger partial charge on any atom is -0.475 e. The number of amides is 1. The van der Waals surface area contributed by atoms with Gasteiger partial charge in [-0.2, -0.15) is 0 Å². The van der Waals surface area contributed by atoms with Gasteiger partial charge >= 0.3 is 6.09 Å². The second kappa shape index (κ2) is 8.95. The molecule has 0 saturated carbocycles. The molecule has 1 amide bonds. The number of nitrogens with zero attached hydrogens (tertiary/aromatic N) is 3. The number of rotatable bonds is 5. The van der Waals surface area contributed by atoms with Crippen LogP contribution in [0.15, 0.2) is 24.3 Å². The molecule has 1 saturated heterocycles. The Morgan fingerprint density at radius 3 is 2.68 bits per heavy atom. The highest BCUT2D eigenvalue weighted by atomic mass is 35.5. The topological polar surface area (TPSA) is 64.5 Å². The average molecular weight is 406 g/mol. The van der Waals surface area contributed by atoms with Crippen LogP contribution in [0.2, 0.25) is 5.15 Å². The van der Waals surface area contributed by atoms with Crippen LogP contribution in [-0.4, -0.2) is 46.3 Å². The Kier molecular flexibility index (Phi) is 6.60. The van der Waals surface area contributed by atoms with Gasteiger partial charge in [-0.1, -0.05) is 23.7 Å². The van der Waals surface area contributed by atoms with Crippen LogP contribution in [0.5, 0.6) is 5.88 Å². The molecule has 0 N–H and O–H groups in total. The van der Waals surface area contributed by atoms with E-state index in [0.29, 0.717) is 18.4 Å². The van der Waals surface area contributed by atoms with E-state index in [1.807, 2.05) is 49.9 Å². The highest BCUT2D eigenvalue weighted by Crippen LogP contribution is 2.25. The van der Waals surface area contributed by atoms with Gasteiger partial charge in [-0.15, -0.1) is 0 Å². The number of carbonyl (C=O) groups excluding carboxylic acids is 1. The Balaban J connectivity index is 1.46. The third kappa shape index (κ3) is 5.71. The van der Waals surface area contributed by atoms with Crippen molar-refractivity contribution in [1.29, 1.82) is 0 Å². The Hall–Kier alpha value is -2.08. The van der Waals surface area contributed by atoms with Crippen molar-refractivity contribution in [1.82, 2.24) is 14.9 Å². The number of carbonyl (C=O) groups is 1. The zero-order chi connectivity index (χ0) is 20.1. The van der Waals surface area contributed by atoms with Crippen molar-refractivity contribution in [2.24, 2.45) is 5.92 Å². The first-order valence-electron chi connectivity index (χ1n) is 9.85. The molecule has 7 heteroatoms. The number of halogens is 1. The number of fused-ring (bicyclic) bond motifs is 1. The monoisotopic (exact) mass is 405 g/mol. The number of piperidine rings is 1. The molecular formula is C21H28ClN3O3. The fourth-order valence-corrected chi connectivity index (χ4v) is 3.58. The van der Waals surface area contributed by atoms with Gasteiger partial charge in [-0.05, 0) is 64.5 Å². The van der Waals surface area contributed by atoms with Crippen molar-refractivity contribution in [2.45, 2.75) is 52.1 Å². The van der Waals surface area contributed by atoms with Crippen LogP contribution in [0.3, 0.4) is 0 Å². The van der Waals surface area contributed by atoms with Crippen molar-refractivity contribution in [3.8, 4) is 5.88 Å². The fraction of sp³-hybridized carbons (Fsp3) is 0.571. The van der Waals surface area contributed by atoms with Gasteiger partial charge in [-0.3, -0.25) is 0 Å². The third-order valence-corrected chi connectivity index (χ3v) is 4.91. The minimum atomic E-state index is -0.460. The van der Waals surface area contributed by atoms with Gasteiger partial charge in [0.05, 0.1) is 17.6 Å². The van der Waals surface area contributed by atoms with Crippen molar-refractivity contribution in [2.75, 3.05) is 19.7 Å². The summed E-state index contributed by atoms with van der Waals surface area (Å²) in [6.07, 6.45) is 3.77. The average Bonchev–Trinajstić information content (AvgIpc) is 2.64. The van der Waals surface area contributed by atoms with Gasteiger partial charge < -0.3 is 14.4 Å². The van der Waals surface area contributed by atoms with Crippen LogP contribution in [0.25, 0.3) is 11.0 Å². The first-order valence-corrected chi connectivity index (χ1v) is 10.2. The molecule has 2 heterocycles. The van der Waals surface area contributed by atoms with E-state index < -0.39 is 5.60 Å². The van der Waals surface area contributed by atoms with E-state index in [0.717, 1.165) is 49.8 Å². The molecule has 1 aliphatic rings. The molecule has 1 fully saturated rings. The highest BCUT2D eigenvalue weighted by molar-refractivity contribution is 6.31. The maximum absolute atomic E-state index is 12.3. The molecular weight excluding hydrogens is 378 g/mol. The van der Waals surface area contributed by atoms with Crippen LogP contribution >= 0.6 is 11.6 Å². The molecule has 0 aliphatic carbocycles. The lowest BCUT2D eigenvalue weighted by atomic mass is 9.94. The van der Waals surface area contributed by atoms with E-state index in [-0.39, 0.29) is 11.2 Å². The lowest BCUT2D eigenvalue weighted by molar-refractivity contribution is 0.0159. The van der Waals surface area contributed by atoms with Crippen molar-refractivity contribution in [3.05, 3.63) is 29.4 Å². The molecule has 0 spiro atoms. The highest BCUT2D eigenvalue weighted by Gasteiger charge is 2.27. The SMILES string of the molecule is CC(C)(C)OC(=O)N1CCC[C@@H](CCCOc2nc3ccccc3nc2Cl)C1. The predicted octanol–water partition coefficient (Wildman–Crippen LogP) is 5.09. The smallest absolute Gasteiger partial charge is 0.410 e. The fourth-order valence-electron chi connectivity index (χ4n) is 3.39. The molecule has 1 aliphatic heterocycles. The quantitative estimate of drug-likeness (QED) is 0.648. The van der Waals surface area contributed by atoms with Gasteiger partial charge in [0, 0.05) is 13.1 Å². The molecule has 6 nitrogen and oxygen atoms in total. The summed E-state index contributed by atoms with van der Waals surface area (Å²) < 4.78 is 11.3. The van der Waals surface area contributed by atoms with Crippen molar-refractivity contribution < 1.29 is 14.3 Å². The maximum Gasteiger partial charge on any atom is 0.410 e. The predicted molar refractivity (Wildman–Crippen MR) is 110 cm³/mol. The maximum atomic E-state index is 12.3. The van der Waals surface area contributed by atoms with Gasteiger partial charge in [0.25, 0.3) is 5.88 Å². The van der Waals surface area contributed by atoms with E-state index in [1.165, 1.54) is 0 Å². The number of hydrogen-bond acceptors (Lipinski definition) is 5.